The molecule has 0 bridgehead atoms. The van der Waals surface area contributed by atoms with E-state index in [2.05, 4.69) is 33.0 Å². The summed E-state index contributed by atoms with van der Waals surface area (Å²) in [7, 11) is 0. The molecule has 0 radical (unpaired) electrons. The van der Waals surface area contributed by atoms with Gasteiger partial charge >= 0.3 is 6.18 Å². The summed E-state index contributed by atoms with van der Waals surface area (Å²) in [5.41, 5.74) is 7.96. The van der Waals surface area contributed by atoms with Gasteiger partial charge in [-0.15, -0.1) is 0 Å². The molecule has 0 amide bonds. The Hall–Kier alpha value is -3.27. The van der Waals surface area contributed by atoms with Gasteiger partial charge in [-0.05, 0) is 48.9 Å². The van der Waals surface area contributed by atoms with Crippen molar-refractivity contribution >= 4 is 28.2 Å². The van der Waals surface area contributed by atoms with E-state index in [-0.39, 0.29) is 5.69 Å². The molecule has 0 unspecified atom stereocenters. The summed E-state index contributed by atoms with van der Waals surface area (Å²) in [6, 6.07) is 9.21. The number of nitrogens with zero attached hydrogens (tertiary/aromatic N) is 4. The molecule has 2 aromatic carbocycles. The smallest absolute Gasteiger partial charge is 0.399 e. The summed E-state index contributed by atoms with van der Waals surface area (Å²) in [5, 5.41) is 4.12. The van der Waals surface area contributed by atoms with Crippen molar-refractivity contribution in [1.82, 2.24) is 9.55 Å². The summed E-state index contributed by atoms with van der Waals surface area (Å²) in [5.74, 6) is 0.705. The number of benzene rings is 2. The van der Waals surface area contributed by atoms with Gasteiger partial charge in [0.25, 0.3) is 0 Å². The van der Waals surface area contributed by atoms with Crippen LogP contribution in [0.3, 0.4) is 0 Å². The van der Waals surface area contributed by atoms with E-state index < -0.39 is 17.8 Å². The fourth-order valence-electron chi connectivity index (χ4n) is 4.37. The van der Waals surface area contributed by atoms with Crippen LogP contribution in [0.4, 0.5) is 30.5 Å². The van der Waals surface area contributed by atoms with Crippen molar-refractivity contribution in [3.05, 3.63) is 53.0 Å². The molecule has 33 heavy (non-hydrogen) atoms. The monoisotopic (exact) mass is 458 g/mol. The number of nitrogens with one attached hydrogen (secondary N) is 1. The molecule has 0 saturated carbocycles. The number of nitrogens with two attached hydrogens (primary N) is 1. The van der Waals surface area contributed by atoms with Crippen LogP contribution in [0, 0.1) is 0 Å². The van der Waals surface area contributed by atoms with Crippen molar-refractivity contribution in [2.45, 2.75) is 25.7 Å². The van der Waals surface area contributed by atoms with Crippen molar-refractivity contribution in [2.24, 2.45) is 4.99 Å². The number of morpholine rings is 1. The van der Waals surface area contributed by atoms with Gasteiger partial charge in [-0.25, -0.2) is 0 Å². The summed E-state index contributed by atoms with van der Waals surface area (Å²) in [4.78, 5) is 11.7. The number of aromatic nitrogens is 2. The molecule has 0 aliphatic carbocycles. The first kappa shape index (κ1) is 21.6. The van der Waals surface area contributed by atoms with E-state index in [1.54, 1.807) is 6.92 Å². The second kappa shape index (κ2) is 8.26. The topological polar surface area (TPSA) is 80.7 Å². The van der Waals surface area contributed by atoms with Crippen LogP contribution in [0.2, 0.25) is 0 Å². The lowest BCUT2D eigenvalue weighted by atomic mass is 10.0. The minimum absolute atomic E-state index is 0.0560. The highest BCUT2D eigenvalue weighted by atomic mass is 19.4. The number of nitrogen functional groups attached to an aromatic ring is 1. The van der Waals surface area contributed by atoms with Gasteiger partial charge < -0.3 is 25.3 Å². The van der Waals surface area contributed by atoms with Crippen LogP contribution in [0.1, 0.15) is 24.1 Å². The highest BCUT2D eigenvalue weighted by Crippen LogP contribution is 2.33. The number of hydrogen-bond acceptors (Lipinski definition) is 6. The van der Waals surface area contributed by atoms with Crippen molar-refractivity contribution in [2.75, 3.05) is 48.8 Å². The first-order valence-corrected chi connectivity index (χ1v) is 10.9. The number of anilines is 3. The average molecular weight is 458 g/mol. The normalized spacial score (nSPS) is 17.8. The van der Waals surface area contributed by atoms with Gasteiger partial charge in [0, 0.05) is 42.9 Å². The molecule has 174 valence electrons. The molecule has 5 rings (SSSR count). The predicted molar refractivity (Wildman–Crippen MR) is 121 cm³/mol. The average Bonchev–Trinajstić information content (AvgIpc) is 3.27. The molecular weight excluding hydrogens is 433 g/mol. The molecule has 1 atom stereocenters. The molecular formula is C23H25F3N6O. The third-order valence-electron chi connectivity index (χ3n) is 6.08. The van der Waals surface area contributed by atoms with Crippen LogP contribution < -0.4 is 21.4 Å². The van der Waals surface area contributed by atoms with Crippen LogP contribution >= 0.6 is 0 Å². The third kappa shape index (κ3) is 4.22. The molecule has 1 saturated heterocycles. The zero-order chi connectivity index (χ0) is 23.2. The highest BCUT2D eigenvalue weighted by molar-refractivity contribution is 5.83. The molecule has 1 aromatic heterocycles. The van der Waals surface area contributed by atoms with Gasteiger partial charge in [-0.1, -0.05) is 0 Å². The SMILES string of the molecule is C[C@@H](N=c1nc2n(c3ccc(N4CCOCC4)cc13)CCN2)c1cc(N)cc(C(F)(F)F)c1. The lowest BCUT2D eigenvalue weighted by Crippen LogP contribution is -2.36. The van der Waals surface area contributed by atoms with E-state index in [0.29, 0.717) is 30.2 Å². The van der Waals surface area contributed by atoms with Crippen LogP contribution in [0.25, 0.3) is 10.9 Å². The molecule has 3 heterocycles. The predicted octanol–water partition coefficient (Wildman–Crippen LogP) is 3.56. The van der Waals surface area contributed by atoms with Crippen molar-refractivity contribution in [1.29, 1.82) is 0 Å². The number of rotatable bonds is 3. The van der Waals surface area contributed by atoms with E-state index in [1.807, 2.05) is 0 Å². The van der Waals surface area contributed by atoms with Crippen LogP contribution in [-0.2, 0) is 17.5 Å². The fraction of sp³-hybridized carbons (Fsp3) is 0.391. The molecule has 3 N–H and O–H groups in total. The Morgan fingerprint density at radius 1 is 1.12 bits per heavy atom. The Labute approximate surface area is 188 Å². The van der Waals surface area contributed by atoms with Crippen molar-refractivity contribution in [3.63, 3.8) is 0 Å². The van der Waals surface area contributed by atoms with E-state index in [0.717, 1.165) is 54.9 Å². The quantitative estimate of drug-likeness (QED) is 0.587. The zero-order valence-electron chi connectivity index (χ0n) is 18.2. The molecule has 3 aromatic rings. The Morgan fingerprint density at radius 3 is 2.67 bits per heavy atom. The zero-order valence-corrected chi connectivity index (χ0v) is 18.2. The van der Waals surface area contributed by atoms with Gasteiger partial charge in [0.1, 0.15) is 0 Å². The number of hydrogen-bond donors (Lipinski definition) is 2. The maximum Gasteiger partial charge on any atom is 0.416 e. The largest absolute Gasteiger partial charge is 0.416 e. The summed E-state index contributed by atoms with van der Waals surface area (Å²) >= 11 is 0. The Kier molecular flexibility index (Phi) is 5.40. The molecule has 10 heteroatoms. The summed E-state index contributed by atoms with van der Waals surface area (Å²) in [6.45, 7) is 6.24. The van der Waals surface area contributed by atoms with E-state index in [1.165, 1.54) is 6.07 Å². The second-order valence-electron chi connectivity index (χ2n) is 8.33. The Morgan fingerprint density at radius 2 is 1.91 bits per heavy atom. The molecule has 1 fully saturated rings. The van der Waals surface area contributed by atoms with E-state index >= 15 is 0 Å². The van der Waals surface area contributed by atoms with Gasteiger partial charge in [0.2, 0.25) is 5.95 Å². The minimum Gasteiger partial charge on any atom is -0.399 e. The van der Waals surface area contributed by atoms with Gasteiger partial charge in [0.15, 0.2) is 5.49 Å². The van der Waals surface area contributed by atoms with Gasteiger partial charge in [0.05, 0.1) is 30.3 Å². The maximum atomic E-state index is 13.3. The third-order valence-corrected chi connectivity index (χ3v) is 6.08. The molecule has 7 nitrogen and oxygen atoms in total. The van der Waals surface area contributed by atoms with Crippen molar-refractivity contribution < 1.29 is 17.9 Å². The number of halogens is 3. The van der Waals surface area contributed by atoms with Gasteiger partial charge in [-0.2, -0.15) is 18.2 Å². The first-order valence-electron chi connectivity index (χ1n) is 10.9. The summed E-state index contributed by atoms with van der Waals surface area (Å²) < 4.78 is 47.4. The first-order chi connectivity index (χ1) is 15.8. The Balaban J connectivity index is 1.63. The van der Waals surface area contributed by atoms with E-state index in [4.69, 9.17) is 20.4 Å². The van der Waals surface area contributed by atoms with Gasteiger partial charge in [-0.3, -0.25) is 4.99 Å². The lowest BCUT2D eigenvalue weighted by Gasteiger charge is -2.29. The standard InChI is InChI=1S/C23H25F3N6O/c1-14(15-10-16(23(24,25)26)12-17(27)11-15)29-21-19-13-18(31-6-8-33-9-7-31)2-3-20(19)32-5-4-28-22(32)30-21/h2-3,10-14H,4-9,27H2,1H3,(H,28,29,30)/t14-/m1/s1. The molecule has 0 spiro atoms. The second-order valence-corrected chi connectivity index (χ2v) is 8.33. The van der Waals surface area contributed by atoms with Crippen LogP contribution in [0.5, 0.6) is 0 Å². The molecule has 2 aliphatic rings. The van der Waals surface area contributed by atoms with Crippen LogP contribution in [-0.4, -0.2) is 42.4 Å². The number of alkyl halides is 3. The Bertz CT molecular complexity index is 1260. The minimum atomic E-state index is -4.48. The molecule has 2 aliphatic heterocycles. The van der Waals surface area contributed by atoms with Crippen molar-refractivity contribution in [3.8, 4) is 0 Å². The highest BCUT2D eigenvalue weighted by Gasteiger charge is 2.31. The fourth-order valence-corrected chi connectivity index (χ4v) is 4.37. The van der Waals surface area contributed by atoms with Crippen LogP contribution in [0.15, 0.2) is 41.4 Å². The maximum absolute atomic E-state index is 13.3. The summed E-state index contributed by atoms with van der Waals surface area (Å²) in [6.07, 6.45) is -4.48. The van der Waals surface area contributed by atoms with E-state index in [9.17, 15) is 13.2 Å². The number of fused-ring (bicyclic) bond motifs is 3. The number of ether oxygens (including phenoxy) is 1. The lowest BCUT2D eigenvalue weighted by molar-refractivity contribution is -0.137.